The number of benzene rings is 7. The number of hydrogen-bond donors (Lipinski definition) is 0. The molecule has 2 nitrogen and oxygen atoms in total. The maximum atomic E-state index is 2.57. The molecule has 234 valence electrons. The number of hydrogen-bond acceptors (Lipinski definition) is 0. The summed E-state index contributed by atoms with van der Waals surface area (Å²) in [6.07, 6.45) is 6.78. The molecule has 0 bridgehead atoms. The summed E-state index contributed by atoms with van der Waals surface area (Å²) in [5.41, 5.74) is 17.9. The first-order chi connectivity index (χ1) is 24.8. The highest BCUT2D eigenvalue weighted by atomic mass is 15.0. The Morgan fingerprint density at radius 1 is 0.400 bits per heavy atom. The Morgan fingerprint density at radius 2 is 0.980 bits per heavy atom. The fourth-order valence-corrected chi connectivity index (χ4v) is 8.69. The summed E-state index contributed by atoms with van der Waals surface area (Å²) in [7, 11) is 0. The van der Waals surface area contributed by atoms with Crippen LogP contribution in [0.4, 0.5) is 0 Å². The van der Waals surface area contributed by atoms with Crippen molar-refractivity contribution in [1.82, 2.24) is 9.13 Å². The van der Waals surface area contributed by atoms with Gasteiger partial charge in [-0.1, -0.05) is 127 Å². The third kappa shape index (κ3) is 3.90. The first-order valence-corrected chi connectivity index (χ1v) is 17.6. The molecule has 0 unspecified atom stereocenters. The number of para-hydroxylation sites is 3. The van der Waals surface area contributed by atoms with Crippen LogP contribution in [0.3, 0.4) is 0 Å². The monoisotopic (exact) mass is 636 g/mol. The molecule has 11 rings (SSSR count). The molecular formula is C48H32N2. The van der Waals surface area contributed by atoms with Gasteiger partial charge >= 0.3 is 0 Å². The summed E-state index contributed by atoms with van der Waals surface area (Å²) in [5.74, 6) is 0. The van der Waals surface area contributed by atoms with Gasteiger partial charge in [-0.25, -0.2) is 0 Å². The van der Waals surface area contributed by atoms with Gasteiger partial charge in [-0.3, -0.25) is 0 Å². The Kier molecular flexibility index (Phi) is 5.82. The molecule has 0 spiro atoms. The standard InChI is InChI=1S/C48H32N2/c1-2-11-35(12-3-1)49-44-19-8-7-16-39(44)42-29-33(25-27-46(42)49)31-21-23-32(24-22-31)34-26-28-47-43(30-34)41-18-10-17-40-37-14-5-4-13-36(37)38-15-6-9-20-45(38)50(47)48(40)41/h1-8,10-19,21-30H,9,20H2. The van der Waals surface area contributed by atoms with Gasteiger partial charge in [0, 0.05) is 44.1 Å². The molecule has 0 saturated carbocycles. The smallest absolute Gasteiger partial charge is 0.0616 e. The normalized spacial score (nSPS) is 13.7. The number of nitrogens with zero attached hydrogens (tertiary/aromatic N) is 2. The van der Waals surface area contributed by atoms with Crippen LogP contribution in [0.5, 0.6) is 0 Å². The zero-order valence-corrected chi connectivity index (χ0v) is 27.5. The fraction of sp³-hybridized carbons (Fsp3) is 0.0417. The molecule has 50 heavy (non-hydrogen) atoms. The Labute approximate surface area is 290 Å². The number of allylic oxidation sites excluding steroid dienone is 4. The molecule has 1 aliphatic heterocycles. The Morgan fingerprint density at radius 3 is 1.76 bits per heavy atom. The van der Waals surface area contributed by atoms with Crippen molar-refractivity contribution in [2.45, 2.75) is 12.8 Å². The molecule has 1 aliphatic carbocycles. The molecule has 2 aliphatic rings. The van der Waals surface area contributed by atoms with Crippen LogP contribution in [0.25, 0.3) is 93.9 Å². The van der Waals surface area contributed by atoms with E-state index in [2.05, 4.69) is 179 Å². The zero-order chi connectivity index (χ0) is 32.8. The summed E-state index contributed by atoms with van der Waals surface area (Å²) in [6, 6.07) is 58.2. The van der Waals surface area contributed by atoms with Crippen LogP contribution in [0.15, 0.2) is 170 Å². The first-order valence-electron chi connectivity index (χ1n) is 17.6. The van der Waals surface area contributed by atoms with Crippen molar-refractivity contribution in [3.05, 3.63) is 175 Å². The maximum absolute atomic E-state index is 2.57. The third-order valence-corrected chi connectivity index (χ3v) is 10.9. The highest BCUT2D eigenvalue weighted by Gasteiger charge is 2.26. The highest BCUT2D eigenvalue weighted by molar-refractivity contribution is 6.19. The predicted octanol–water partition coefficient (Wildman–Crippen LogP) is 12.9. The second-order valence-corrected chi connectivity index (χ2v) is 13.6. The summed E-state index contributed by atoms with van der Waals surface area (Å²) >= 11 is 0. The van der Waals surface area contributed by atoms with Gasteiger partial charge in [0.15, 0.2) is 0 Å². The fourth-order valence-electron chi connectivity index (χ4n) is 8.69. The number of fused-ring (bicyclic) bond motifs is 10. The van der Waals surface area contributed by atoms with Gasteiger partial charge in [-0.2, -0.15) is 0 Å². The van der Waals surface area contributed by atoms with Gasteiger partial charge < -0.3 is 9.13 Å². The lowest BCUT2D eigenvalue weighted by atomic mass is 9.90. The number of rotatable bonds is 3. The van der Waals surface area contributed by atoms with E-state index >= 15 is 0 Å². The molecule has 0 atom stereocenters. The van der Waals surface area contributed by atoms with E-state index in [9.17, 15) is 0 Å². The first kappa shape index (κ1) is 27.6. The van der Waals surface area contributed by atoms with Crippen molar-refractivity contribution in [1.29, 1.82) is 0 Å². The minimum Gasteiger partial charge on any atom is -0.312 e. The quantitative estimate of drug-likeness (QED) is 0.183. The third-order valence-electron chi connectivity index (χ3n) is 10.9. The van der Waals surface area contributed by atoms with E-state index < -0.39 is 0 Å². The average molecular weight is 637 g/mol. The minimum atomic E-state index is 1.04. The van der Waals surface area contributed by atoms with Crippen LogP contribution in [-0.2, 0) is 0 Å². The van der Waals surface area contributed by atoms with Crippen LogP contribution in [0.2, 0.25) is 0 Å². The van der Waals surface area contributed by atoms with E-state index in [0.717, 1.165) is 12.8 Å². The summed E-state index contributed by atoms with van der Waals surface area (Å²) in [4.78, 5) is 0. The van der Waals surface area contributed by atoms with Gasteiger partial charge in [0.05, 0.1) is 22.1 Å². The van der Waals surface area contributed by atoms with Crippen molar-refractivity contribution in [3.63, 3.8) is 0 Å². The van der Waals surface area contributed by atoms with E-state index in [1.165, 1.54) is 99.5 Å². The molecule has 0 fully saturated rings. The summed E-state index contributed by atoms with van der Waals surface area (Å²) < 4.78 is 4.94. The molecule has 0 saturated heterocycles. The van der Waals surface area contributed by atoms with E-state index in [4.69, 9.17) is 0 Å². The Bertz CT molecular complexity index is 2890. The van der Waals surface area contributed by atoms with Crippen LogP contribution < -0.4 is 0 Å². The minimum absolute atomic E-state index is 1.04. The van der Waals surface area contributed by atoms with Gasteiger partial charge in [-0.05, 0) is 88.7 Å². The molecule has 0 amide bonds. The molecule has 0 N–H and O–H groups in total. The van der Waals surface area contributed by atoms with E-state index in [1.807, 2.05) is 0 Å². The maximum Gasteiger partial charge on any atom is 0.0616 e. The second-order valence-electron chi connectivity index (χ2n) is 13.6. The average Bonchev–Trinajstić information content (AvgIpc) is 3.66. The van der Waals surface area contributed by atoms with Gasteiger partial charge in [0.1, 0.15) is 0 Å². The second kappa shape index (κ2) is 10.6. The molecule has 2 aromatic heterocycles. The molecule has 2 heteroatoms. The number of aromatic nitrogens is 2. The summed E-state index contributed by atoms with van der Waals surface area (Å²) in [6.45, 7) is 0. The predicted molar refractivity (Wildman–Crippen MR) is 212 cm³/mol. The Balaban J connectivity index is 1.03. The topological polar surface area (TPSA) is 9.86 Å². The summed E-state index contributed by atoms with van der Waals surface area (Å²) in [5, 5.41) is 5.17. The largest absolute Gasteiger partial charge is 0.312 e. The molecular weight excluding hydrogens is 605 g/mol. The van der Waals surface area contributed by atoms with Crippen molar-refractivity contribution >= 4 is 54.9 Å². The molecule has 9 aromatic rings. The molecule has 0 radical (unpaired) electrons. The highest BCUT2D eigenvalue weighted by Crippen LogP contribution is 2.47. The molecule has 7 aromatic carbocycles. The van der Waals surface area contributed by atoms with Crippen LogP contribution in [0.1, 0.15) is 18.4 Å². The molecule has 3 heterocycles. The SMILES string of the molecule is C1=CC2=C(CC1)n1c3ccc(-c4ccc(-c5ccc6c(c5)c5ccccc5n6-c5ccccc5)cc4)cc3c3cccc(c31)-c1ccccc12. The van der Waals surface area contributed by atoms with Crippen molar-refractivity contribution < 1.29 is 0 Å². The lowest BCUT2D eigenvalue weighted by molar-refractivity contribution is 0.986. The lowest BCUT2D eigenvalue weighted by Crippen LogP contribution is -2.01. The van der Waals surface area contributed by atoms with E-state index in [1.54, 1.807) is 0 Å². The van der Waals surface area contributed by atoms with Crippen LogP contribution in [0, 0.1) is 0 Å². The van der Waals surface area contributed by atoms with Gasteiger partial charge in [0.2, 0.25) is 0 Å². The van der Waals surface area contributed by atoms with E-state index in [0.29, 0.717) is 0 Å². The lowest BCUT2D eigenvalue weighted by Gasteiger charge is -2.18. The van der Waals surface area contributed by atoms with E-state index in [-0.39, 0.29) is 0 Å². The van der Waals surface area contributed by atoms with Gasteiger partial charge in [-0.15, -0.1) is 0 Å². The van der Waals surface area contributed by atoms with Crippen LogP contribution in [-0.4, -0.2) is 9.13 Å². The zero-order valence-electron chi connectivity index (χ0n) is 27.5. The van der Waals surface area contributed by atoms with Gasteiger partial charge in [0.25, 0.3) is 0 Å². The van der Waals surface area contributed by atoms with Crippen molar-refractivity contribution in [2.24, 2.45) is 0 Å². The van der Waals surface area contributed by atoms with Crippen molar-refractivity contribution in [3.8, 4) is 39.1 Å². The Hall–Kier alpha value is -6.38. The van der Waals surface area contributed by atoms with Crippen LogP contribution >= 0.6 is 0 Å². The van der Waals surface area contributed by atoms with Crippen molar-refractivity contribution in [2.75, 3.05) is 0 Å².